The molecule has 1 fully saturated rings. The van der Waals surface area contributed by atoms with Gasteiger partial charge in [-0.1, -0.05) is 54.9 Å². The summed E-state index contributed by atoms with van der Waals surface area (Å²) in [6.07, 6.45) is 8.16. The molecule has 1 aliphatic rings. The molecule has 0 aliphatic carbocycles. The Balaban J connectivity index is 2.80. The summed E-state index contributed by atoms with van der Waals surface area (Å²) in [4.78, 5) is 0. The third-order valence-electron chi connectivity index (χ3n) is 5.99. The molecule has 0 aromatic heterocycles. The first-order valence-corrected chi connectivity index (χ1v) is 8.97. The zero-order valence-corrected chi connectivity index (χ0v) is 15.2. The van der Waals surface area contributed by atoms with Crippen LogP contribution in [-0.4, -0.2) is 12.6 Å². The molecule has 0 spiro atoms. The van der Waals surface area contributed by atoms with E-state index in [-0.39, 0.29) is 0 Å². The smallest absolute Gasteiger partial charge is 0.00931 e. The van der Waals surface area contributed by atoms with E-state index in [1.807, 2.05) is 0 Å². The highest BCUT2D eigenvalue weighted by Crippen LogP contribution is 2.43. The maximum atomic E-state index is 3.88. The van der Waals surface area contributed by atoms with Crippen LogP contribution in [0.25, 0.3) is 0 Å². The van der Waals surface area contributed by atoms with Gasteiger partial charge in [0, 0.05) is 12.6 Å². The van der Waals surface area contributed by atoms with Crippen molar-refractivity contribution in [3.8, 4) is 0 Å². The summed E-state index contributed by atoms with van der Waals surface area (Å²) in [7, 11) is 0. The molecule has 1 heterocycles. The van der Waals surface area contributed by atoms with Crippen molar-refractivity contribution < 1.29 is 0 Å². The molecule has 1 N–H and O–H groups in total. The van der Waals surface area contributed by atoms with Crippen LogP contribution in [0.3, 0.4) is 0 Å². The van der Waals surface area contributed by atoms with Crippen molar-refractivity contribution in [3.05, 3.63) is 0 Å². The van der Waals surface area contributed by atoms with E-state index in [2.05, 4.69) is 53.8 Å². The van der Waals surface area contributed by atoms with Crippen LogP contribution in [0.5, 0.6) is 0 Å². The average molecular weight is 282 g/mol. The second-order valence-corrected chi connectivity index (χ2v) is 8.62. The first kappa shape index (κ1) is 18.0. The van der Waals surface area contributed by atoms with E-state index in [0.717, 1.165) is 17.9 Å². The molecule has 120 valence electrons. The van der Waals surface area contributed by atoms with Gasteiger partial charge in [0.25, 0.3) is 0 Å². The van der Waals surface area contributed by atoms with Crippen LogP contribution in [0.15, 0.2) is 0 Å². The molecule has 20 heavy (non-hydrogen) atoms. The molecule has 3 atom stereocenters. The van der Waals surface area contributed by atoms with Crippen LogP contribution >= 0.6 is 0 Å². The summed E-state index contributed by atoms with van der Waals surface area (Å²) >= 11 is 0. The summed E-state index contributed by atoms with van der Waals surface area (Å²) in [6.45, 7) is 18.1. The predicted molar refractivity (Wildman–Crippen MR) is 91.1 cm³/mol. The van der Waals surface area contributed by atoms with E-state index in [4.69, 9.17) is 0 Å². The number of hydrogen-bond acceptors (Lipinski definition) is 1. The third kappa shape index (κ3) is 4.76. The predicted octanol–water partition coefficient (Wildman–Crippen LogP) is 5.64. The van der Waals surface area contributed by atoms with E-state index >= 15 is 0 Å². The molecule has 0 aromatic carbocycles. The molecule has 3 unspecified atom stereocenters. The van der Waals surface area contributed by atoms with Crippen molar-refractivity contribution in [2.75, 3.05) is 6.54 Å². The largest absolute Gasteiger partial charge is 0.313 e. The monoisotopic (exact) mass is 281 g/mol. The van der Waals surface area contributed by atoms with Crippen molar-refractivity contribution in [2.24, 2.45) is 22.7 Å². The van der Waals surface area contributed by atoms with E-state index < -0.39 is 0 Å². The van der Waals surface area contributed by atoms with Gasteiger partial charge < -0.3 is 5.32 Å². The fourth-order valence-corrected chi connectivity index (χ4v) is 3.96. The lowest BCUT2D eigenvalue weighted by Gasteiger charge is -2.39. The van der Waals surface area contributed by atoms with Gasteiger partial charge in [0.2, 0.25) is 0 Å². The first-order chi connectivity index (χ1) is 9.24. The van der Waals surface area contributed by atoms with Gasteiger partial charge in [-0.05, 0) is 54.8 Å². The van der Waals surface area contributed by atoms with Crippen LogP contribution in [0.4, 0.5) is 0 Å². The van der Waals surface area contributed by atoms with Crippen molar-refractivity contribution in [1.29, 1.82) is 0 Å². The molecular weight excluding hydrogens is 242 g/mol. The van der Waals surface area contributed by atoms with Gasteiger partial charge in [-0.25, -0.2) is 0 Å². The minimum absolute atomic E-state index is 0.473. The molecule has 0 aromatic rings. The Bertz CT molecular complexity index is 281. The topological polar surface area (TPSA) is 12.0 Å². The van der Waals surface area contributed by atoms with E-state index in [1.54, 1.807) is 0 Å². The van der Waals surface area contributed by atoms with Crippen molar-refractivity contribution >= 4 is 0 Å². The molecule has 0 radical (unpaired) electrons. The van der Waals surface area contributed by atoms with Crippen LogP contribution in [0.2, 0.25) is 0 Å². The van der Waals surface area contributed by atoms with Gasteiger partial charge in [0.1, 0.15) is 0 Å². The van der Waals surface area contributed by atoms with Gasteiger partial charge in [0.15, 0.2) is 0 Å². The Kier molecular flexibility index (Phi) is 6.57. The highest BCUT2D eigenvalue weighted by molar-refractivity contribution is 4.90. The number of nitrogens with one attached hydrogen (secondary N) is 1. The Hall–Kier alpha value is -0.0400. The van der Waals surface area contributed by atoms with Gasteiger partial charge >= 0.3 is 0 Å². The Morgan fingerprint density at radius 3 is 2.40 bits per heavy atom. The van der Waals surface area contributed by atoms with Gasteiger partial charge in [-0.15, -0.1) is 0 Å². The van der Waals surface area contributed by atoms with Gasteiger partial charge in [-0.2, -0.15) is 0 Å². The Morgan fingerprint density at radius 2 is 1.90 bits per heavy atom. The molecule has 0 bridgehead atoms. The maximum Gasteiger partial charge on any atom is 0.00931 e. The van der Waals surface area contributed by atoms with Crippen LogP contribution in [0, 0.1) is 22.7 Å². The standard InChI is InChI=1S/C19H39N/c1-8-11-19(7,15(3)4)13-16-10-12-18(5,6)14-20-17(16)9-2/h15-17,20H,8-14H2,1-7H3. The van der Waals surface area contributed by atoms with Crippen molar-refractivity contribution in [1.82, 2.24) is 5.32 Å². The zero-order chi connectivity index (χ0) is 15.4. The SMILES string of the molecule is CCCC(C)(CC1CCC(C)(C)CNC1CC)C(C)C. The highest BCUT2D eigenvalue weighted by atomic mass is 14.9. The van der Waals surface area contributed by atoms with E-state index in [9.17, 15) is 0 Å². The number of rotatable bonds is 6. The Morgan fingerprint density at radius 1 is 1.25 bits per heavy atom. The minimum atomic E-state index is 0.473. The summed E-state index contributed by atoms with van der Waals surface area (Å²) in [5.74, 6) is 1.65. The third-order valence-corrected chi connectivity index (χ3v) is 5.99. The van der Waals surface area contributed by atoms with Crippen LogP contribution < -0.4 is 5.32 Å². The minimum Gasteiger partial charge on any atom is -0.313 e. The molecule has 1 aliphatic heterocycles. The molecule has 1 nitrogen and oxygen atoms in total. The molecule has 0 saturated carbocycles. The van der Waals surface area contributed by atoms with Gasteiger partial charge in [-0.3, -0.25) is 0 Å². The second-order valence-electron chi connectivity index (χ2n) is 8.62. The second kappa shape index (κ2) is 7.29. The normalized spacial score (nSPS) is 30.0. The molecule has 1 heteroatoms. The quantitative estimate of drug-likeness (QED) is 0.664. The lowest BCUT2D eigenvalue weighted by atomic mass is 9.67. The van der Waals surface area contributed by atoms with E-state index in [0.29, 0.717) is 10.8 Å². The fourth-order valence-electron chi connectivity index (χ4n) is 3.96. The highest BCUT2D eigenvalue weighted by Gasteiger charge is 2.36. The average Bonchev–Trinajstić information content (AvgIpc) is 2.49. The Labute approximate surface area is 128 Å². The van der Waals surface area contributed by atoms with Crippen molar-refractivity contribution in [2.45, 2.75) is 93.0 Å². The van der Waals surface area contributed by atoms with Crippen LogP contribution in [0.1, 0.15) is 87.0 Å². The van der Waals surface area contributed by atoms with Crippen molar-refractivity contribution in [3.63, 3.8) is 0 Å². The molecule has 1 rings (SSSR count). The first-order valence-electron chi connectivity index (χ1n) is 8.97. The molecular formula is C19H39N. The summed E-state index contributed by atoms with van der Waals surface area (Å²) in [5, 5.41) is 3.88. The maximum absolute atomic E-state index is 3.88. The molecule has 1 saturated heterocycles. The van der Waals surface area contributed by atoms with E-state index in [1.165, 1.54) is 45.1 Å². The lowest BCUT2D eigenvalue weighted by molar-refractivity contribution is 0.125. The lowest BCUT2D eigenvalue weighted by Crippen LogP contribution is -2.40. The zero-order valence-electron chi connectivity index (χ0n) is 15.2. The van der Waals surface area contributed by atoms with Crippen LogP contribution in [-0.2, 0) is 0 Å². The fraction of sp³-hybridized carbons (Fsp3) is 1.00. The van der Waals surface area contributed by atoms with Gasteiger partial charge in [0.05, 0.1) is 0 Å². The molecule has 0 amide bonds. The number of hydrogen-bond donors (Lipinski definition) is 1. The summed E-state index contributed by atoms with van der Waals surface area (Å²) < 4.78 is 0. The summed E-state index contributed by atoms with van der Waals surface area (Å²) in [5.41, 5.74) is 0.990. The summed E-state index contributed by atoms with van der Waals surface area (Å²) in [6, 6.07) is 0.728.